The van der Waals surface area contributed by atoms with E-state index >= 15 is 0 Å². The van der Waals surface area contributed by atoms with Crippen molar-refractivity contribution in [2.75, 3.05) is 17.2 Å². The molecule has 0 bridgehead atoms. The first-order chi connectivity index (χ1) is 10.9. The second kappa shape index (κ2) is 7.72. The van der Waals surface area contributed by atoms with Crippen molar-refractivity contribution in [2.24, 2.45) is 0 Å². The highest BCUT2D eigenvalue weighted by Gasteiger charge is 2.06. The van der Waals surface area contributed by atoms with E-state index in [2.05, 4.69) is 34.4 Å². The Morgan fingerprint density at radius 2 is 1.87 bits per heavy atom. The topological polar surface area (TPSA) is 66.9 Å². The van der Waals surface area contributed by atoms with Crippen LogP contribution >= 0.6 is 0 Å². The van der Waals surface area contributed by atoms with Crippen molar-refractivity contribution in [3.05, 3.63) is 47.4 Å². The van der Waals surface area contributed by atoms with Crippen LogP contribution in [0.15, 0.2) is 30.3 Å². The smallest absolute Gasteiger partial charge is 0.221 e. The molecule has 1 aromatic heterocycles. The minimum absolute atomic E-state index is 0.0560. The number of nitrogens with zero attached hydrogens (tertiary/aromatic N) is 2. The summed E-state index contributed by atoms with van der Waals surface area (Å²) in [5.74, 6) is 2.00. The number of carbonyl (C=O) groups is 1. The van der Waals surface area contributed by atoms with E-state index in [0.29, 0.717) is 5.92 Å². The lowest BCUT2D eigenvalue weighted by atomic mass is 10.1. The highest BCUT2D eigenvalue weighted by atomic mass is 16.1. The standard InChI is InChI=1S/C18H24N4O/c1-12(2)18-20-13(3)11-17(22-18)19-10-9-15-5-7-16(8-6-15)21-14(4)23/h5-8,11-12H,9-10H2,1-4H3,(H,21,23)(H,19,20,22). The molecule has 1 aromatic carbocycles. The number of nitrogens with one attached hydrogen (secondary N) is 2. The second-order valence-corrected chi connectivity index (χ2v) is 5.96. The van der Waals surface area contributed by atoms with Gasteiger partial charge < -0.3 is 10.6 Å². The molecule has 5 heteroatoms. The van der Waals surface area contributed by atoms with E-state index in [1.165, 1.54) is 12.5 Å². The van der Waals surface area contributed by atoms with Gasteiger partial charge in [-0.3, -0.25) is 4.79 Å². The zero-order valence-electron chi connectivity index (χ0n) is 14.2. The van der Waals surface area contributed by atoms with Gasteiger partial charge in [-0.1, -0.05) is 26.0 Å². The molecular weight excluding hydrogens is 288 g/mol. The van der Waals surface area contributed by atoms with E-state index in [0.717, 1.165) is 36.0 Å². The van der Waals surface area contributed by atoms with E-state index in [9.17, 15) is 4.79 Å². The summed E-state index contributed by atoms with van der Waals surface area (Å²) in [4.78, 5) is 20.0. The Morgan fingerprint density at radius 3 is 2.48 bits per heavy atom. The van der Waals surface area contributed by atoms with Gasteiger partial charge >= 0.3 is 0 Å². The predicted octanol–water partition coefficient (Wildman–Crippen LogP) is 3.52. The molecule has 0 atom stereocenters. The van der Waals surface area contributed by atoms with Crippen molar-refractivity contribution in [3.63, 3.8) is 0 Å². The van der Waals surface area contributed by atoms with Gasteiger partial charge in [0, 0.05) is 36.8 Å². The summed E-state index contributed by atoms with van der Waals surface area (Å²) in [6.45, 7) is 8.48. The molecule has 5 nitrogen and oxygen atoms in total. The van der Waals surface area contributed by atoms with Crippen LogP contribution in [0, 0.1) is 6.92 Å². The summed E-state index contributed by atoms with van der Waals surface area (Å²) in [6.07, 6.45) is 0.889. The largest absolute Gasteiger partial charge is 0.370 e. The van der Waals surface area contributed by atoms with Crippen molar-refractivity contribution < 1.29 is 4.79 Å². The molecule has 1 heterocycles. The Hall–Kier alpha value is -2.43. The molecular formula is C18H24N4O. The van der Waals surface area contributed by atoms with Crippen LogP contribution in [0.1, 0.15) is 43.8 Å². The average Bonchev–Trinajstić information content (AvgIpc) is 2.48. The SMILES string of the molecule is CC(=O)Nc1ccc(CCNc2cc(C)nc(C(C)C)n2)cc1. The van der Waals surface area contributed by atoms with Crippen LogP contribution in [0.4, 0.5) is 11.5 Å². The third-order valence-corrected chi connectivity index (χ3v) is 3.38. The van der Waals surface area contributed by atoms with E-state index in [4.69, 9.17) is 0 Å². The predicted molar refractivity (Wildman–Crippen MR) is 93.8 cm³/mol. The minimum Gasteiger partial charge on any atom is -0.370 e. The maximum Gasteiger partial charge on any atom is 0.221 e. The molecule has 0 aliphatic heterocycles. The number of aryl methyl sites for hydroxylation is 1. The molecule has 0 fully saturated rings. The quantitative estimate of drug-likeness (QED) is 0.856. The maximum absolute atomic E-state index is 11.0. The molecule has 1 amide bonds. The van der Waals surface area contributed by atoms with Crippen molar-refractivity contribution in [2.45, 2.75) is 40.0 Å². The van der Waals surface area contributed by atoms with Gasteiger partial charge in [-0.25, -0.2) is 9.97 Å². The summed E-state index contributed by atoms with van der Waals surface area (Å²) < 4.78 is 0. The zero-order chi connectivity index (χ0) is 16.8. The van der Waals surface area contributed by atoms with Gasteiger partial charge in [0.1, 0.15) is 11.6 Å². The van der Waals surface area contributed by atoms with Crippen LogP contribution in [-0.4, -0.2) is 22.4 Å². The number of hydrogen-bond donors (Lipinski definition) is 2. The summed E-state index contributed by atoms with van der Waals surface area (Å²) in [5.41, 5.74) is 3.01. The Morgan fingerprint density at radius 1 is 1.17 bits per heavy atom. The number of rotatable bonds is 6. The van der Waals surface area contributed by atoms with E-state index < -0.39 is 0 Å². The number of amides is 1. The van der Waals surface area contributed by atoms with Gasteiger partial charge in [0.2, 0.25) is 5.91 Å². The molecule has 23 heavy (non-hydrogen) atoms. The van der Waals surface area contributed by atoms with E-state index in [1.54, 1.807) is 0 Å². The van der Waals surface area contributed by atoms with Crippen molar-refractivity contribution in [3.8, 4) is 0 Å². The molecule has 0 unspecified atom stereocenters. The third kappa shape index (κ3) is 5.36. The summed E-state index contributed by atoms with van der Waals surface area (Å²) in [7, 11) is 0. The van der Waals surface area contributed by atoms with Crippen LogP contribution < -0.4 is 10.6 Å². The fourth-order valence-corrected chi connectivity index (χ4v) is 2.23. The molecule has 0 radical (unpaired) electrons. The van der Waals surface area contributed by atoms with Gasteiger partial charge in [0.15, 0.2) is 0 Å². The summed E-state index contributed by atoms with van der Waals surface area (Å²) in [6, 6.07) is 9.85. The highest BCUT2D eigenvalue weighted by molar-refractivity contribution is 5.88. The van der Waals surface area contributed by atoms with Crippen molar-refractivity contribution in [1.82, 2.24) is 9.97 Å². The monoisotopic (exact) mass is 312 g/mol. The van der Waals surface area contributed by atoms with Crippen LogP contribution in [0.3, 0.4) is 0 Å². The minimum atomic E-state index is -0.0560. The Kier molecular flexibility index (Phi) is 5.68. The fourth-order valence-electron chi connectivity index (χ4n) is 2.23. The van der Waals surface area contributed by atoms with Crippen LogP contribution in [0.5, 0.6) is 0 Å². The van der Waals surface area contributed by atoms with Gasteiger partial charge in [0.05, 0.1) is 0 Å². The first-order valence-electron chi connectivity index (χ1n) is 7.90. The highest BCUT2D eigenvalue weighted by Crippen LogP contribution is 2.14. The second-order valence-electron chi connectivity index (χ2n) is 5.96. The van der Waals surface area contributed by atoms with Gasteiger partial charge in [-0.05, 0) is 31.0 Å². The Bertz CT molecular complexity index is 665. The Balaban J connectivity index is 1.91. The lowest BCUT2D eigenvalue weighted by molar-refractivity contribution is -0.114. The molecule has 0 saturated heterocycles. The first kappa shape index (κ1) is 16.9. The molecule has 2 aromatic rings. The molecule has 2 N–H and O–H groups in total. The molecule has 122 valence electrons. The van der Waals surface area contributed by atoms with E-state index in [1.807, 2.05) is 37.3 Å². The van der Waals surface area contributed by atoms with Gasteiger partial charge in [-0.15, -0.1) is 0 Å². The Labute approximate surface area is 137 Å². The number of benzene rings is 1. The zero-order valence-corrected chi connectivity index (χ0v) is 14.2. The molecule has 0 aliphatic rings. The van der Waals surface area contributed by atoms with Crippen molar-refractivity contribution >= 4 is 17.4 Å². The van der Waals surface area contributed by atoms with E-state index in [-0.39, 0.29) is 5.91 Å². The third-order valence-electron chi connectivity index (χ3n) is 3.38. The lowest BCUT2D eigenvalue weighted by Gasteiger charge is -2.10. The molecule has 0 spiro atoms. The molecule has 0 saturated carbocycles. The maximum atomic E-state index is 11.0. The number of anilines is 2. The fraction of sp³-hybridized carbons (Fsp3) is 0.389. The average molecular weight is 312 g/mol. The molecule has 2 rings (SSSR count). The normalized spacial score (nSPS) is 10.7. The van der Waals surface area contributed by atoms with Gasteiger partial charge in [-0.2, -0.15) is 0 Å². The number of hydrogen-bond acceptors (Lipinski definition) is 4. The van der Waals surface area contributed by atoms with Crippen LogP contribution in [-0.2, 0) is 11.2 Å². The first-order valence-corrected chi connectivity index (χ1v) is 7.90. The van der Waals surface area contributed by atoms with Crippen LogP contribution in [0.25, 0.3) is 0 Å². The summed E-state index contributed by atoms with van der Waals surface area (Å²) in [5, 5.41) is 6.12. The molecule has 0 aliphatic carbocycles. The van der Waals surface area contributed by atoms with Crippen LogP contribution in [0.2, 0.25) is 0 Å². The summed E-state index contributed by atoms with van der Waals surface area (Å²) >= 11 is 0. The van der Waals surface area contributed by atoms with Crippen molar-refractivity contribution in [1.29, 1.82) is 0 Å². The lowest BCUT2D eigenvalue weighted by Crippen LogP contribution is -2.10. The number of aromatic nitrogens is 2. The number of carbonyl (C=O) groups excluding carboxylic acids is 1. The van der Waals surface area contributed by atoms with Gasteiger partial charge in [0.25, 0.3) is 0 Å².